The normalized spacial score (nSPS) is 18.7. The van der Waals surface area contributed by atoms with Gasteiger partial charge in [0.15, 0.2) is 6.10 Å². The fourth-order valence-corrected chi connectivity index (χ4v) is 5.12. The van der Waals surface area contributed by atoms with Crippen molar-refractivity contribution in [2.24, 2.45) is 0 Å². The van der Waals surface area contributed by atoms with Crippen molar-refractivity contribution in [1.29, 1.82) is 0 Å². The number of nitrogens with zero attached hydrogens (tertiary/aromatic N) is 1. The summed E-state index contributed by atoms with van der Waals surface area (Å²) in [6.45, 7) is 6.17. The van der Waals surface area contributed by atoms with Gasteiger partial charge in [0.1, 0.15) is 10.6 Å². The SMILES string of the molecule is CCCNC(=O)C(C)OC(=O)c1ccc(OC)c(S(=O)(=O)N2CCCCC2C)c1. The van der Waals surface area contributed by atoms with Crippen LogP contribution in [-0.4, -0.2) is 56.9 Å². The molecule has 1 saturated heterocycles. The van der Waals surface area contributed by atoms with E-state index in [-0.39, 0.29) is 22.3 Å². The van der Waals surface area contributed by atoms with E-state index in [1.54, 1.807) is 0 Å². The Labute approximate surface area is 172 Å². The number of rotatable bonds is 8. The van der Waals surface area contributed by atoms with Gasteiger partial charge in [-0.15, -0.1) is 0 Å². The topological polar surface area (TPSA) is 102 Å². The number of hydrogen-bond donors (Lipinski definition) is 1. The van der Waals surface area contributed by atoms with Crippen LogP contribution in [0.15, 0.2) is 23.1 Å². The number of benzene rings is 1. The third kappa shape index (κ3) is 5.48. The minimum atomic E-state index is -3.85. The van der Waals surface area contributed by atoms with Gasteiger partial charge in [-0.2, -0.15) is 4.31 Å². The summed E-state index contributed by atoms with van der Waals surface area (Å²) in [5.74, 6) is -1.01. The highest BCUT2D eigenvalue weighted by molar-refractivity contribution is 7.89. The van der Waals surface area contributed by atoms with Crippen LogP contribution >= 0.6 is 0 Å². The number of sulfonamides is 1. The van der Waals surface area contributed by atoms with Crippen molar-refractivity contribution in [3.63, 3.8) is 0 Å². The van der Waals surface area contributed by atoms with Crippen LogP contribution in [0.3, 0.4) is 0 Å². The first-order valence-electron chi connectivity index (χ1n) is 9.91. The van der Waals surface area contributed by atoms with Crippen LogP contribution in [0.5, 0.6) is 5.75 Å². The molecule has 1 aromatic rings. The van der Waals surface area contributed by atoms with E-state index in [1.807, 2.05) is 13.8 Å². The maximum Gasteiger partial charge on any atom is 0.338 e. The molecule has 0 radical (unpaired) electrons. The maximum atomic E-state index is 13.2. The van der Waals surface area contributed by atoms with Crippen molar-refractivity contribution < 1.29 is 27.5 Å². The van der Waals surface area contributed by atoms with Crippen LogP contribution in [0.2, 0.25) is 0 Å². The number of esters is 1. The fourth-order valence-electron chi connectivity index (χ4n) is 3.23. The number of ether oxygens (including phenoxy) is 2. The summed E-state index contributed by atoms with van der Waals surface area (Å²) in [7, 11) is -2.46. The lowest BCUT2D eigenvalue weighted by atomic mass is 10.1. The zero-order chi connectivity index (χ0) is 21.6. The van der Waals surface area contributed by atoms with E-state index in [4.69, 9.17) is 9.47 Å². The molecule has 162 valence electrons. The lowest BCUT2D eigenvalue weighted by molar-refractivity contribution is -0.129. The van der Waals surface area contributed by atoms with E-state index in [0.29, 0.717) is 13.1 Å². The van der Waals surface area contributed by atoms with Gasteiger partial charge >= 0.3 is 5.97 Å². The second kappa shape index (κ2) is 10.1. The van der Waals surface area contributed by atoms with Crippen molar-refractivity contribution in [3.8, 4) is 5.75 Å². The quantitative estimate of drug-likeness (QED) is 0.640. The molecule has 2 unspecified atom stereocenters. The highest BCUT2D eigenvalue weighted by Crippen LogP contribution is 2.31. The molecule has 1 amide bonds. The predicted molar refractivity (Wildman–Crippen MR) is 108 cm³/mol. The summed E-state index contributed by atoms with van der Waals surface area (Å²) >= 11 is 0. The van der Waals surface area contributed by atoms with Crippen LogP contribution in [0, 0.1) is 0 Å². The van der Waals surface area contributed by atoms with Crippen LogP contribution in [-0.2, 0) is 19.6 Å². The third-order valence-corrected chi connectivity index (χ3v) is 6.97. The van der Waals surface area contributed by atoms with Crippen molar-refractivity contribution in [2.75, 3.05) is 20.2 Å². The molecule has 1 aliphatic rings. The first-order valence-corrected chi connectivity index (χ1v) is 11.3. The van der Waals surface area contributed by atoms with E-state index in [0.717, 1.165) is 25.7 Å². The summed E-state index contributed by atoms with van der Waals surface area (Å²) < 4.78 is 38.3. The minimum Gasteiger partial charge on any atom is -0.495 e. The van der Waals surface area contributed by atoms with Gasteiger partial charge in [0.05, 0.1) is 12.7 Å². The van der Waals surface area contributed by atoms with Crippen molar-refractivity contribution >= 4 is 21.9 Å². The van der Waals surface area contributed by atoms with Gasteiger partial charge in [0.2, 0.25) is 10.0 Å². The van der Waals surface area contributed by atoms with Gasteiger partial charge < -0.3 is 14.8 Å². The lowest BCUT2D eigenvalue weighted by Gasteiger charge is -2.32. The Morgan fingerprint density at radius 2 is 2.03 bits per heavy atom. The first-order chi connectivity index (χ1) is 13.7. The molecule has 0 aromatic heterocycles. The molecule has 8 nitrogen and oxygen atoms in total. The molecule has 2 atom stereocenters. The van der Waals surface area contributed by atoms with Crippen LogP contribution < -0.4 is 10.1 Å². The molecule has 1 aromatic carbocycles. The Kier molecular flexibility index (Phi) is 8.04. The molecular weight excluding hydrogens is 396 g/mol. The summed E-state index contributed by atoms with van der Waals surface area (Å²) in [5, 5.41) is 2.65. The Balaban J connectivity index is 2.28. The highest BCUT2D eigenvalue weighted by Gasteiger charge is 2.34. The van der Waals surface area contributed by atoms with Gasteiger partial charge in [0.25, 0.3) is 5.91 Å². The smallest absolute Gasteiger partial charge is 0.338 e. The van der Waals surface area contributed by atoms with E-state index in [2.05, 4.69) is 5.32 Å². The van der Waals surface area contributed by atoms with Gasteiger partial charge in [-0.3, -0.25) is 4.79 Å². The van der Waals surface area contributed by atoms with Gasteiger partial charge in [-0.05, 0) is 51.3 Å². The standard InChI is InChI=1S/C20H30N2O6S/c1-5-11-21-19(23)15(3)28-20(24)16-9-10-17(27-4)18(13-16)29(25,26)22-12-7-6-8-14(22)2/h9-10,13-15H,5-8,11-12H2,1-4H3,(H,21,23). The van der Waals surface area contributed by atoms with Crippen LogP contribution in [0.25, 0.3) is 0 Å². The number of carbonyl (C=O) groups excluding carboxylic acids is 2. The molecule has 9 heteroatoms. The summed E-state index contributed by atoms with van der Waals surface area (Å²) in [4.78, 5) is 24.4. The number of methoxy groups -OCH3 is 1. The van der Waals surface area contributed by atoms with Crippen molar-refractivity contribution in [1.82, 2.24) is 9.62 Å². The zero-order valence-corrected chi connectivity index (χ0v) is 18.3. The largest absolute Gasteiger partial charge is 0.495 e. The number of carbonyl (C=O) groups is 2. The molecule has 0 saturated carbocycles. The van der Waals surface area contributed by atoms with E-state index in [9.17, 15) is 18.0 Å². The summed E-state index contributed by atoms with van der Waals surface area (Å²) in [6.07, 6.45) is 2.33. The number of amides is 1. The van der Waals surface area contributed by atoms with Crippen LogP contribution in [0.4, 0.5) is 0 Å². The molecule has 0 bridgehead atoms. The molecule has 1 heterocycles. The monoisotopic (exact) mass is 426 g/mol. The molecule has 1 N–H and O–H groups in total. The lowest BCUT2D eigenvalue weighted by Crippen LogP contribution is -2.42. The van der Waals surface area contributed by atoms with Crippen molar-refractivity contribution in [3.05, 3.63) is 23.8 Å². The average molecular weight is 427 g/mol. The van der Waals surface area contributed by atoms with Crippen LogP contribution in [0.1, 0.15) is 56.8 Å². The Bertz CT molecular complexity index is 839. The van der Waals surface area contributed by atoms with E-state index in [1.165, 1.54) is 36.5 Å². The second-order valence-electron chi connectivity index (χ2n) is 7.16. The molecule has 0 aliphatic carbocycles. The number of nitrogens with one attached hydrogen (secondary N) is 1. The molecule has 1 aliphatic heterocycles. The molecule has 29 heavy (non-hydrogen) atoms. The number of piperidine rings is 1. The second-order valence-corrected chi connectivity index (χ2v) is 9.02. The van der Waals surface area contributed by atoms with Crippen molar-refractivity contribution in [2.45, 2.75) is 63.5 Å². The van der Waals surface area contributed by atoms with Gasteiger partial charge in [-0.1, -0.05) is 13.3 Å². The number of hydrogen-bond acceptors (Lipinski definition) is 6. The van der Waals surface area contributed by atoms with Gasteiger partial charge in [0, 0.05) is 19.1 Å². The van der Waals surface area contributed by atoms with E-state index < -0.39 is 28.0 Å². The van der Waals surface area contributed by atoms with Gasteiger partial charge in [-0.25, -0.2) is 13.2 Å². The Morgan fingerprint density at radius 3 is 2.66 bits per heavy atom. The maximum absolute atomic E-state index is 13.2. The third-order valence-electron chi connectivity index (χ3n) is 4.93. The minimum absolute atomic E-state index is 0.0455. The summed E-state index contributed by atoms with van der Waals surface area (Å²) in [6, 6.07) is 3.99. The molecule has 2 rings (SSSR count). The zero-order valence-electron chi connectivity index (χ0n) is 17.4. The average Bonchev–Trinajstić information content (AvgIpc) is 2.71. The predicted octanol–water partition coefficient (Wildman–Crippen LogP) is 2.33. The molecule has 0 spiro atoms. The first kappa shape index (κ1) is 23.2. The fraction of sp³-hybridized carbons (Fsp3) is 0.600. The highest BCUT2D eigenvalue weighted by atomic mass is 32.2. The molecule has 1 fully saturated rings. The van der Waals surface area contributed by atoms with E-state index >= 15 is 0 Å². The Morgan fingerprint density at radius 1 is 1.31 bits per heavy atom. The molecular formula is C20H30N2O6S. The summed E-state index contributed by atoms with van der Waals surface area (Å²) in [5.41, 5.74) is 0.0455. The Hall–Kier alpha value is -2.13.